The summed E-state index contributed by atoms with van der Waals surface area (Å²) in [5.74, 6) is -9.54. The molecule has 0 aliphatic carbocycles. The number of carbonyl (C=O) groups is 9. The van der Waals surface area contributed by atoms with E-state index < -0.39 is 154 Å². The van der Waals surface area contributed by atoms with Gasteiger partial charge >= 0.3 is 35.8 Å². The van der Waals surface area contributed by atoms with Gasteiger partial charge in [-0.2, -0.15) is 0 Å². The fourth-order valence-corrected chi connectivity index (χ4v) is 16.2. The van der Waals surface area contributed by atoms with Gasteiger partial charge in [0.05, 0.1) is 97.6 Å². The maximum Gasteiger partial charge on any atom is 0.330 e. The Balaban J connectivity index is 0. The lowest BCUT2D eigenvalue weighted by molar-refractivity contribution is -0.338. The standard InChI is InChI=1S/C31H54O9Si.C26H42O9.C25H40O9.C11H26O2Si.C5H12O2.C4H8O/c1-10-11-12-13-14-16-26(34)39-28-23(20-27(35)37-7)19-25(40-31(28,36)30(5,6)17-15-18-32)21-24(33)22-38-41(8,9)29(2,3)4;1-6-7-8-9-10-12-22(30)34-24-19(16-23(31)32-4)15-21(17-20(29)18-28)35-26(24,33-5)25(2,3)13-11-14-27;1-5-6-7-8-9-11-21(29)33-23-18(15-22(30)32-4)14-20(16-19(28)17-27)34-25(23,31)24(2,3)12-10-13-26;1-10(2,3)14(6,7)13-9-11(4,5)8-12;1-5(2,3-6)4-7;1-2-4-5-3-1/h15,17-18,20,24-25,28,33,36H,10-14,16,19,21-22H2,1-9H3;11,13-14,16,20-21,24,28-29H,6-10,12,15,17-18H2,1-5H3;10,12-13,15,19-20,23,27-28,31H,5-9,11,14,16-17H2,1-4H3;12H,8-9H2,1-7H3;6-7H,3-4H2,1-2H3;1-4H2/b17-15+,23-20+;13-11+,19-16+;12-10+,18-15+;;;/t24-,25+,28+,31-;20-,21+,24+,26-;19-,20+,23+,25-;;;/m111.../s1. The molecule has 0 saturated carbocycles. The summed E-state index contributed by atoms with van der Waals surface area (Å²) in [6, 6.07) is 0. The average molecular weight is 1980 g/mol. The van der Waals surface area contributed by atoms with E-state index >= 15 is 0 Å². The Kier molecular flexibility index (Phi) is 63.4. The van der Waals surface area contributed by atoms with Gasteiger partial charge in [0.1, 0.15) is 18.9 Å². The Bertz CT molecular complexity index is 3620. The van der Waals surface area contributed by atoms with E-state index in [2.05, 4.69) is 88.5 Å². The van der Waals surface area contributed by atoms with Crippen molar-refractivity contribution < 1.29 is 155 Å². The molecule has 4 saturated heterocycles. The molecule has 0 radical (unpaired) electrons. The van der Waals surface area contributed by atoms with Crippen molar-refractivity contribution in [3.05, 3.63) is 71.4 Å². The van der Waals surface area contributed by atoms with E-state index in [9.17, 15) is 78.9 Å². The predicted molar refractivity (Wildman–Crippen MR) is 526 cm³/mol. The summed E-state index contributed by atoms with van der Waals surface area (Å²) in [5, 5.41) is 99.6. The van der Waals surface area contributed by atoms with Crippen molar-refractivity contribution in [1.82, 2.24) is 0 Å². The summed E-state index contributed by atoms with van der Waals surface area (Å²) in [4.78, 5) is 108. The molecule has 0 aromatic carbocycles. The third-order valence-corrected chi connectivity index (χ3v) is 34.2. The van der Waals surface area contributed by atoms with Gasteiger partial charge in [0, 0.05) is 111 Å². The van der Waals surface area contributed by atoms with Crippen molar-refractivity contribution in [2.24, 2.45) is 27.1 Å². The molecule has 0 aromatic heterocycles. The maximum absolute atomic E-state index is 12.9. The highest BCUT2D eigenvalue weighted by atomic mass is 28.4. The highest BCUT2D eigenvalue weighted by Gasteiger charge is 2.61. The molecule has 790 valence electrons. The lowest BCUT2D eigenvalue weighted by Crippen LogP contribution is -2.63. The van der Waals surface area contributed by atoms with Crippen molar-refractivity contribution in [3.8, 4) is 0 Å². The van der Waals surface area contributed by atoms with E-state index in [-0.39, 0.29) is 111 Å². The quantitative estimate of drug-likeness (QED) is 0.00675. The van der Waals surface area contributed by atoms with Gasteiger partial charge in [0.15, 0.2) is 34.9 Å². The second-order valence-electron chi connectivity index (χ2n) is 41.9. The first-order valence-electron chi connectivity index (χ1n) is 48.5. The molecule has 4 heterocycles. The molecule has 0 bridgehead atoms. The molecule has 10 N–H and O–H groups in total. The second-order valence-corrected chi connectivity index (χ2v) is 51.5. The van der Waals surface area contributed by atoms with E-state index in [0.29, 0.717) is 55.9 Å². The number of aldehydes is 3. The number of esters is 6. The predicted octanol–water partition coefficient (Wildman–Crippen LogP) is 14.6. The monoisotopic (exact) mass is 1980 g/mol. The number of methoxy groups -OCH3 is 4. The number of rotatable bonds is 51. The molecule has 32 nitrogen and oxygen atoms in total. The van der Waals surface area contributed by atoms with Crippen molar-refractivity contribution in [2.45, 2.75) is 407 Å². The van der Waals surface area contributed by atoms with Crippen LogP contribution in [0.5, 0.6) is 0 Å². The minimum Gasteiger partial charge on any atom is -0.466 e. The van der Waals surface area contributed by atoms with Crippen LogP contribution in [-0.2, 0) is 104 Å². The minimum atomic E-state index is -2.18. The van der Waals surface area contributed by atoms with Crippen molar-refractivity contribution in [1.29, 1.82) is 0 Å². The van der Waals surface area contributed by atoms with Crippen LogP contribution < -0.4 is 0 Å². The van der Waals surface area contributed by atoms with E-state index in [4.69, 9.17) is 76.3 Å². The fraction of sp³-hybridized carbons (Fsp3) is 0.794. The topological polar surface area (TPSA) is 476 Å². The maximum atomic E-state index is 12.9. The zero-order valence-electron chi connectivity index (χ0n) is 87.8. The molecule has 34 heteroatoms. The summed E-state index contributed by atoms with van der Waals surface area (Å²) >= 11 is 0. The second kappa shape index (κ2) is 65.3. The molecule has 0 spiro atoms. The smallest absolute Gasteiger partial charge is 0.330 e. The van der Waals surface area contributed by atoms with Gasteiger partial charge in [0.25, 0.3) is 0 Å². The summed E-state index contributed by atoms with van der Waals surface area (Å²) in [6.45, 7) is 47.7. The van der Waals surface area contributed by atoms with Crippen molar-refractivity contribution >= 4 is 71.3 Å². The van der Waals surface area contributed by atoms with Crippen molar-refractivity contribution in [3.63, 3.8) is 0 Å². The molecule has 0 unspecified atom stereocenters. The van der Waals surface area contributed by atoms with Crippen LogP contribution in [0.4, 0.5) is 0 Å². The van der Waals surface area contributed by atoms with Crippen LogP contribution in [0.2, 0.25) is 36.3 Å². The lowest BCUT2D eigenvalue weighted by Gasteiger charge is -2.53. The van der Waals surface area contributed by atoms with Crippen LogP contribution in [0.3, 0.4) is 0 Å². The molecule has 4 rings (SSSR count). The number of aliphatic hydroxyl groups excluding tert-OH is 8. The molecule has 136 heavy (non-hydrogen) atoms. The normalized spacial score (nSPS) is 23.0. The van der Waals surface area contributed by atoms with Gasteiger partial charge in [-0.3, -0.25) is 28.8 Å². The number of ether oxygens (including phenoxy) is 11. The SMILES string of the molecule is C1CCOC1.CC(C)(CO)CO.CC(C)(CO)CO[Si](C)(C)C(C)(C)C.CCCCCCCC(=O)O[C@H]1/C(=C/C(=O)OC)C[C@@H](C[C@@H](O)CO)O[C@@]1(O)C(C)(C)/C=C/C=O.CCCCCCCC(=O)O[C@H]1/C(=C/C(=O)OC)C[C@@H](C[C@@H](O)CO)O[C@@]1(OC)C(C)(C)/C=C/C=O.CCCCCCCC(=O)O[C@H]1/C(=C/C(=O)OC)C[C@@H](C[C@@H](O)CO[Si](C)(C)C(C)(C)C)O[C@@]1(O)C(C)(C)/C=C/C=O. The first kappa shape index (κ1) is 132. The minimum absolute atomic E-state index is 0.0349. The number of allylic oxidation sites excluding steroid dienone is 3. The number of hydrogen-bond donors (Lipinski definition) is 10. The lowest BCUT2D eigenvalue weighted by atomic mass is 9.74. The highest BCUT2D eigenvalue weighted by Crippen LogP contribution is 2.51. The van der Waals surface area contributed by atoms with E-state index in [1.807, 2.05) is 13.8 Å². The molecule has 0 aromatic rings. The van der Waals surface area contributed by atoms with Gasteiger partial charge in [0.2, 0.25) is 17.4 Å². The molecule has 0 amide bonds. The number of carbonyl (C=O) groups excluding carboxylic acids is 9. The van der Waals surface area contributed by atoms with E-state index in [1.54, 1.807) is 61.5 Å². The van der Waals surface area contributed by atoms with E-state index in [1.165, 1.54) is 83.8 Å². The third-order valence-electron chi connectivity index (χ3n) is 25.2. The largest absolute Gasteiger partial charge is 0.466 e. The highest BCUT2D eigenvalue weighted by molar-refractivity contribution is 6.74. The molecular formula is C102H182O32Si2. The third kappa shape index (κ3) is 47.7. The van der Waals surface area contributed by atoms with Gasteiger partial charge < -0.3 is 112 Å². The first-order valence-corrected chi connectivity index (χ1v) is 54.3. The van der Waals surface area contributed by atoms with Crippen LogP contribution in [0, 0.1) is 27.1 Å². The molecular weight excluding hydrogens is 1790 g/mol. The molecule has 4 aliphatic rings. The number of aliphatic hydroxyl groups is 10. The summed E-state index contributed by atoms with van der Waals surface area (Å²) < 4.78 is 73.4. The molecule has 4 aliphatic heterocycles. The molecule has 12 atom stereocenters. The zero-order valence-corrected chi connectivity index (χ0v) is 89.8. The fourth-order valence-electron chi connectivity index (χ4n) is 13.9. The van der Waals surface area contributed by atoms with Gasteiger partial charge in [-0.15, -0.1) is 0 Å². The van der Waals surface area contributed by atoms with Crippen LogP contribution in [-0.4, -0.2) is 283 Å². The van der Waals surface area contributed by atoms with Crippen LogP contribution in [0.1, 0.15) is 298 Å². The molecule has 4 fully saturated rings. The Hall–Kier alpha value is -5.98. The van der Waals surface area contributed by atoms with Gasteiger partial charge in [-0.05, 0) is 123 Å². The first-order chi connectivity index (χ1) is 63.2. The summed E-state index contributed by atoms with van der Waals surface area (Å²) in [6.07, 6.45) is 22.0. The van der Waals surface area contributed by atoms with Crippen molar-refractivity contribution in [2.75, 3.05) is 87.9 Å². The van der Waals surface area contributed by atoms with Gasteiger partial charge in [-0.1, -0.05) is 227 Å². The number of hydrogen-bond acceptors (Lipinski definition) is 32. The average Bonchev–Trinajstić information content (AvgIpc) is 0.795. The van der Waals surface area contributed by atoms with Crippen LogP contribution >= 0.6 is 0 Å². The summed E-state index contributed by atoms with van der Waals surface area (Å²) in [5.41, 5.74) is -2.98. The summed E-state index contributed by atoms with van der Waals surface area (Å²) in [7, 11) is 1.31. The Morgan fingerprint density at radius 2 is 0.721 bits per heavy atom. The Labute approximate surface area is 815 Å². The van der Waals surface area contributed by atoms with E-state index in [0.717, 1.165) is 96.3 Å². The Morgan fingerprint density at radius 3 is 1.00 bits per heavy atom. The van der Waals surface area contributed by atoms with Gasteiger partial charge in [-0.25, -0.2) is 14.4 Å². The van der Waals surface area contributed by atoms with Crippen LogP contribution in [0.25, 0.3) is 0 Å². The Morgan fingerprint density at radius 1 is 0.419 bits per heavy atom. The number of unbranched alkanes of at least 4 members (excludes halogenated alkanes) is 12. The zero-order chi connectivity index (χ0) is 105. The van der Waals surface area contributed by atoms with Crippen LogP contribution in [0.15, 0.2) is 71.4 Å².